The molecule has 6 nitrogen and oxygen atoms in total. The molecule has 1 N–H and O–H groups in total. The molecule has 0 bridgehead atoms. The van der Waals surface area contributed by atoms with Crippen LogP contribution in [0.3, 0.4) is 0 Å². The predicted octanol–water partition coefficient (Wildman–Crippen LogP) is 1.94. The highest BCUT2D eigenvalue weighted by Crippen LogP contribution is 2.12. The molecule has 1 heterocycles. The molecule has 106 valence electrons. The van der Waals surface area contributed by atoms with E-state index in [2.05, 4.69) is 0 Å². The van der Waals surface area contributed by atoms with E-state index in [-0.39, 0.29) is 12.6 Å². The lowest BCUT2D eigenvalue weighted by Crippen LogP contribution is -2.43. The molecule has 0 aliphatic rings. The van der Waals surface area contributed by atoms with Crippen LogP contribution in [-0.4, -0.2) is 47.0 Å². The maximum absolute atomic E-state index is 12.2. The van der Waals surface area contributed by atoms with E-state index < -0.39 is 5.97 Å². The average molecular weight is 268 g/mol. The number of furan rings is 1. The Morgan fingerprint density at radius 3 is 2.58 bits per heavy atom. The second-order valence-electron chi connectivity index (χ2n) is 4.46. The number of carbonyl (C=O) groups excluding carboxylic acids is 1. The fourth-order valence-corrected chi connectivity index (χ4v) is 1.82. The van der Waals surface area contributed by atoms with Crippen LogP contribution >= 0.6 is 0 Å². The third kappa shape index (κ3) is 4.31. The summed E-state index contributed by atoms with van der Waals surface area (Å²) in [5.74, 6) is -0.241. The van der Waals surface area contributed by atoms with E-state index in [9.17, 15) is 9.59 Å². The highest BCUT2D eigenvalue weighted by Gasteiger charge is 2.20. The molecule has 19 heavy (non-hydrogen) atoms. The van der Waals surface area contributed by atoms with Crippen LogP contribution in [0.4, 0.5) is 4.79 Å². The van der Waals surface area contributed by atoms with Gasteiger partial charge >= 0.3 is 12.0 Å². The van der Waals surface area contributed by atoms with E-state index in [0.29, 0.717) is 13.1 Å². The molecule has 0 unspecified atom stereocenters. The van der Waals surface area contributed by atoms with Gasteiger partial charge in [-0.1, -0.05) is 6.92 Å². The fraction of sp³-hybridized carbons (Fsp3) is 0.538. The van der Waals surface area contributed by atoms with Gasteiger partial charge in [-0.3, -0.25) is 4.79 Å². The minimum absolute atomic E-state index is 0.276. The van der Waals surface area contributed by atoms with Crippen LogP contribution in [0.15, 0.2) is 16.7 Å². The first-order valence-corrected chi connectivity index (χ1v) is 6.20. The number of amides is 2. The zero-order valence-electron chi connectivity index (χ0n) is 11.5. The Labute approximate surface area is 112 Å². The van der Waals surface area contributed by atoms with Gasteiger partial charge in [0.25, 0.3) is 0 Å². The smallest absolute Gasteiger partial charge is 0.323 e. The van der Waals surface area contributed by atoms with Crippen LogP contribution in [0.25, 0.3) is 0 Å². The van der Waals surface area contributed by atoms with E-state index in [1.54, 1.807) is 19.4 Å². The number of carboxylic acid groups (broad SMARTS) is 1. The van der Waals surface area contributed by atoms with Crippen molar-refractivity contribution in [3.8, 4) is 0 Å². The fourth-order valence-electron chi connectivity index (χ4n) is 1.82. The van der Waals surface area contributed by atoms with E-state index >= 15 is 0 Å². The summed E-state index contributed by atoms with van der Waals surface area (Å²) >= 11 is 0. The summed E-state index contributed by atoms with van der Waals surface area (Å²) in [6.45, 7) is 4.29. The Hall–Kier alpha value is -1.98. The molecule has 2 amide bonds. The molecule has 0 radical (unpaired) electrons. The van der Waals surface area contributed by atoms with Crippen LogP contribution < -0.4 is 0 Å². The highest BCUT2D eigenvalue weighted by atomic mass is 16.4. The summed E-state index contributed by atoms with van der Waals surface area (Å²) in [5.41, 5.74) is 0.919. The quantitative estimate of drug-likeness (QED) is 0.855. The van der Waals surface area contributed by atoms with E-state index in [1.165, 1.54) is 9.80 Å². The minimum atomic E-state index is -1.00. The topological polar surface area (TPSA) is 74.0 Å². The molecule has 0 spiro atoms. The first kappa shape index (κ1) is 15.1. The predicted molar refractivity (Wildman–Crippen MR) is 69.8 cm³/mol. The van der Waals surface area contributed by atoms with Crippen molar-refractivity contribution in [1.29, 1.82) is 0 Å². The van der Waals surface area contributed by atoms with Crippen LogP contribution in [-0.2, 0) is 11.3 Å². The van der Waals surface area contributed by atoms with Gasteiger partial charge in [0, 0.05) is 19.2 Å². The monoisotopic (exact) mass is 268 g/mol. The van der Waals surface area contributed by atoms with Crippen molar-refractivity contribution in [2.45, 2.75) is 26.8 Å². The minimum Gasteiger partial charge on any atom is -0.480 e. The number of carbonyl (C=O) groups is 2. The van der Waals surface area contributed by atoms with Crippen LogP contribution in [0.5, 0.6) is 0 Å². The van der Waals surface area contributed by atoms with Crippen LogP contribution in [0.2, 0.25) is 0 Å². The lowest BCUT2D eigenvalue weighted by molar-refractivity contribution is -0.137. The van der Waals surface area contributed by atoms with Gasteiger partial charge in [0.15, 0.2) is 0 Å². The largest absolute Gasteiger partial charge is 0.480 e. The molecule has 0 aromatic carbocycles. The second kappa shape index (κ2) is 6.82. The molecule has 0 fully saturated rings. The normalized spacial score (nSPS) is 10.3. The van der Waals surface area contributed by atoms with Gasteiger partial charge in [0.1, 0.15) is 12.3 Å². The summed E-state index contributed by atoms with van der Waals surface area (Å²) in [5, 5.41) is 8.81. The van der Waals surface area contributed by atoms with Crippen molar-refractivity contribution in [1.82, 2.24) is 9.80 Å². The summed E-state index contributed by atoms with van der Waals surface area (Å²) in [7, 11) is 1.65. The average Bonchev–Trinajstić information content (AvgIpc) is 2.73. The van der Waals surface area contributed by atoms with Gasteiger partial charge in [0.05, 0.1) is 12.8 Å². The number of urea groups is 1. The van der Waals surface area contributed by atoms with Crippen molar-refractivity contribution in [2.24, 2.45) is 0 Å². The molecule has 1 aromatic rings. The molecule has 0 aliphatic carbocycles. The molecule has 0 aliphatic heterocycles. The highest BCUT2D eigenvalue weighted by molar-refractivity contribution is 5.80. The van der Waals surface area contributed by atoms with Gasteiger partial charge in [-0.15, -0.1) is 0 Å². The van der Waals surface area contributed by atoms with Gasteiger partial charge in [-0.2, -0.15) is 0 Å². The Bertz CT molecular complexity index is 442. The zero-order chi connectivity index (χ0) is 14.4. The van der Waals surface area contributed by atoms with Crippen molar-refractivity contribution in [3.63, 3.8) is 0 Å². The second-order valence-corrected chi connectivity index (χ2v) is 4.46. The number of carboxylic acids is 1. The standard InChI is InChI=1S/C13H20N2O4/c1-4-6-15(9-12(16)17)13(18)14(3)8-11-5-7-19-10(11)2/h5,7H,4,6,8-9H2,1-3H3,(H,16,17). The Morgan fingerprint density at radius 1 is 1.42 bits per heavy atom. The first-order chi connectivity index (χ1) is 8.95. The molecule has 1 rings (SSSR count). The molecule has 0 atom stereocenters. The van der Waals surface area contributed by atoms with Crippen LogP contribution in [0, 0.1) is 6.92 Å². The Morgan fingerprint density at radius 2 is 2.11 bits per heavy atom. The first-order valence-electron chi connectivity index (χ1n) is 6.20. The zero-order valence-corrected chi connectivity index (χ0v) is 11.5. The van der Waals surface area contributed by atoms with Crippen molar-refractivity contribution in [2.75, 3.05) is 20.1 Å². The number of hydrogen-bond acceptors (Lipinski definition) is 3. The maximum Gasteiger partial charge on any atom is 0.323 e. The van der Waals surface area contributed by atoms with Crippen molar-refractivity contribution >= 4 is 12.0 Å². The molecule has 1 aromatic heterocycles. The molecule has 0 saturated heterocycles. The number of aryl methyl sites for hydroxylation is 1. The molecule has 0 saturated carbocycles. The molecular weight excluding hydrogens is 248 g/mol. The van der Waals surface area contributed by atoms with Crippen molar-refractivity contribution < 1.29 is 19.1 Å². The maximum atomic E-state index is 12.2. The molecular formula is C13H20N2O4. The number of rotatable bonds is 6. The summed E-state index contributed by atoms with van der Waals surface area (Å²) in [6, 6.07) is 1.52. The van der Waals surface area contributed by atoms with Crippen LogP contribution in [0.1, 0.15) is 24.7 Å². The van der Waals surface area contributed by atoms with Gasteiger partial charge < -0.3 is 19.3 Å². The van der Waals surface area contributed by atoms with E-state index in [1.807, 2.05) is 13.8 Å². The molecule has 6 heteroatoms. The Balaban J connectivity index is 2.67. The Kier molecular flexibility index (Phi) is 5.41. The summed E-state index contributed by atoms with van der Waals surface area (Å²) < 4.78 is 5.17. The third-order valence-electron chi connectivity index (χ3n) is 2.79. The van der Waals surface area contributed by atoms with E-state index in [0.717, 1.165) is 17.7 Å². The van der Waals surface area contributed by atoms with Gasteiger partial charge in [-0.05, 0) is 19.4 Å². The van der Waals surface area contributed by atoms with Gasteiger partial charge in [0.2, 0.25) is 0 Å². The van der Waals surface area contributed by atoms with Gasteiger partial charge in [-0.25, -0.2) is 4.79 Å². The summed E-state index contributed by atoms with van der Waals surface area (Å²) in [6.07, 6.45) is 2.29. The lowest BCUT2D eigenvalue weighted by Gasteiger charge is -2.26. The summed E-state index contributed by atoms with van der Waals surface area (Å²) in [4.78, 5) is 25.7. The SMILES string of the molecule is CCCN(CC(=O)O)C(=O)N(C)Cc1ccoc1C. The van der Waals surface area contributed by atoms with E-state index in [4.69, 9.17) is 9.52 Å². The number of hydrogen-bond donors (Lipinski definition) is 1. The van der Waals surface area contributed by atoms with Crippen molar-refractivity contribution in [3.05, 3.63) is 23.7 Å². The number of aliphatic carboxylic acids is 1. The number of nitrogens with zero attached hydrogens (tertiary/aromatic N) is 2. The third-order valence-corrected chi connectivity index (χ3v) is 2.79. The lowest BCUT2D eigenvalue weighted by atomic mass is 10.2.